The summed E-state index contributed by atoms with van der Waals surface area (Å²) in [7, 11) is -2.69. The van der Waals surface area contributed by atoms with Crippen molar-refractivity contribution in [2.24, 2.45) is 27.6 Å². The summed E-state index contributed by atoms with van der Waals surface area (Å²) in [5.74, 6) is -1.16. The number of primary amides is 1. The standard InChI is InChI=1S/C92H123N11O13Si2/c1-61-50-76-81(78(104)56-77(83(76)106)101-85(107)62(2)30-29-39-79(111-11)84(116-88(93)110)64(4)52-63(3)82(105)80(51-61)112-12)94-44-27-13-14-28-49-113-71-54-65(86(108)95-57-67-40-45-102-47-42-69(99-89(102)97-67)59-114-117(91(5,6)7,72-31-19-15-20-32-72)73-33-21-16-22-34-73)53-66(55-71)87(109)96-58-68-41-46-103-48-43-70(100-90(103)98-68)60-115-118(92(8,9)10,74-35-23-17-24-36-74)75-37-25-18-26-38-75/h15-26,29-39,52-56,61,63,67-70,79-80,82,84,94,105H,13-14,27-28,40-51,57-60H2,1-12H3,(H2,93,110)(H,95,108)(H,96,109)(H,97,99)(H,98,100)(H,101,107)/b39-29-,62-30+,64-52+/t61-,63+,67-,68-,69-,70-,79+,80+,82-,84+/m1/s1. The highest BCUT2D eigenvalue weighted by Crippen LogP contribution is 2.40. The van der Waals surface area contributed by atoms with Crippen molar-refractivity contribution in [3.8, 4) is 5.75 Å². The number of aliphatic hydroxyl groups is 1. The molecule has 0 radical (unpaired) electrons. The third kappa shape index (κ3) is 22.0. The van der Waals surface area contributed by atoms with Gasteiger partial charge >= 0.3 is 6.09 Å². The zero-order valence-corrected chi connectivity index (χ0v) is 72.8. The van der Waals surface area contributed by atoms with Crippen molar-refractivity contribution in [2.75, 3.05) is 79.9 Å². The molecule has 2 saturated heterocycles. The first kappa shape index (κ1) is 89.0. The first-order chi connectivity index (χ1) is 56.6. The first-order valence-electron chi connectivity index (χ1n) is 41.9. The van der Waals surface area contributed by atoms with E-state index in [4.69, 9.17) is 43.5 Å². The van der Waals surface area contributed by atoms with Gasteiger partial charge in [-0.05, 0) is 126 Å². The van der Waals surface area contributed by atoms with Crippen molar-refractivity contribution in [2.45, 2.75) is 192 Å². The zero-order chi connectivity index (χ0) is 84.3. The van der Waals surface area contributed by atoms with Gasteiger partial charge in [-0.3, -0.25) is 24.0 Å². The summed E-state index contributed by atoms with van der Waals surface area (Å²) < 4.78 is 38.2. The summed E-state index contributed by atoms with van der Waals surface area (Å²) >= 11 is 0. The Hall–Kier alpha value is -9.81. The highest BCUT2D eigenvalue weighted by molar-refractivity contribution is 7.00. The molecule has 4 amide bonds. The van der Waals surface area contributed by atoms with E-state index in [1.54, 1.807) is 50.3 Å². The predicted molar refractivity (Wildman–Crippen MR) is 468 cm³/mol. The van der Waals surface area contributed by atoms with E-state index in [1.165, 1.54) is 41.0 Å². The molecule has 632 valence electrons. The molecule has 1 aliphatic carbocycles. The van der Waals surface area contributed by atoms with E-state index in [0.29, 0.717) is 57.0 Å². The molecular weight excluding hydrogens is 1520 g/mol. The number of methoxy groups -OCH3 is 2. The van der Waals surface area contributed by atoms with Crippen LogP contribution in [0.15, 0.2) is 208 Å². The molecule has 0 saturated carbocycles. The Morgan fingerprint density at radius 2 is 1.13 bits per heavy atom. The van der Waals surface area contributed by atoms with Gasteiger partial charge in [-0.15, -0.1) is 0 Å². The number of ether oxygens (including phenoxy) is 4. The van der Waals surface area contributed by atoms with Gasteiger partial charge in [0.15, 0.2) is 18.0 Å². The van der Waals surface area contributed by atoms with Crippen LogP contribution in [0.25, 0.3) is 0 Å². The van der Waals surface area contributed by atoms with Gasteiger partial charge in [-0.1, -0.05) is 214 Å². The monoisotopic (exact) mass is 1650 g/mol. The average molecular weight is 1650 g/mol. The summed E-state index contributed by atoms with van der Waals surface area (Å²) in [6, 6.07) is 47.2. The largest absolute Gasteiger partial charge is 0.494 e. The van der Waals surface area contributed by atoms with Crippen LogP contribution in [0.3, 0.4) is 0 Å². The number of hydrogen-bond donors (Lipinski definition) is 8. The molecule has 5 heterocycles. The predicted octanol–water partition coefficient (Wildman–Crippen LogP) is 9.19. The normalized spacial score (nSPS) is 24.3. The van der Waals surface area contributed by atoms with E-state index >= 15 is 0 Å². The maximum absolute atomic E-state index is 14.6. The lowest BCUT2D eigenvalue weighted by Crippen LogP contribution is -2.67. The lowest BCUT2D eigenvalue weighted by Gasteiger charge is -2.44. The number of carbonyl (C=O) groups is 6. The number of allylic oxidation sites excluding steroid dienone is 4. The smallest absolute Gasteiger partial charge is 0.405 e. The number of nitrogens with two attached hydrogens (primary N) is 1. The van der Waals surface area contributed by atoms with E-state index in [1.807, 2.05) is 13.8 Å². The molecule has 2 bridgehead atoms. The van der Waals surface area contributed by atoms with Crippen LogP contribution < -0.4 is 63.1 Å². The molecule has 5 aliphatic heterocycles. The number of ketones is 2. The summed E-state index contributed by atoms with van der Waals surface area (Å²) in [4.78, 5) is 98.7. The maximum atomic E-state index is 14.6. The van der Waals surface area contributed by atoms with Gasteiger partial charge in [0, 0.05) is 106 Å². The summed E-state index contributed by atoms with van der Waals surface area (Å²) in [6.07, 6.45) is 9.31. The second-order valence-electron chi connectivity index (χ2n) is 34.3. The van der Waals surface area contributed by atoms with Crippen LogP contribution in [0.5, 0.6) is 5.75 Å². The van der Waals surface area contributed by atoms with Gasteiger partial charge in [0.2, 0.25) is 11.6 Å². The van der Waals surface area contributed by atoms with E-state index in [0.717, 1.165) is 82.7 Å². The summed E-state index contributed by atoms with van der Waals surface area (Å²) in [5.41, 5.74) is 6.99. The van der Waals surface area contributed by atoms with E-state index in [9.17, 15) is 33.9 Å². The fraction of sp³-hybridized carbons (Fsp3) is 0.478. The molecule has 5 aromatic carbocycles. The third-order valence-corrected chi connectivity index (χ3v) is 33.5. The zero-order valence-electron chi connectivity index (χ0n) is 70.8. The van der Waals surface area contributed by atoms with Gasteiger partial charge in [0.25, 0.3) is 34.4 Å². The molecule has 9 N–H and O–H groups in total. The van der Waals surface area contributed by atoms with Gasteiger partial charge < -0.3 is 80.3 Å². The van der Waals surface area contributed by atoms with Crippen LogP contribution in [0.4, 0.5) is 4.79 Å². The Bertz CT molecular complexity index is 4260. The van der Waals surface area contributed by atoms with Crippen molar-refractivity contribution in [1.82, 2.24) is 41.7 Å². The van der Waals surface area contributed by atoms with Crippen molar-refractivity contribution in [1.29, 1.82) is 0 Å². The second-order valence-corrected chi connectivity index (χ2v) is 42.9. The van der Waals surface area contributed by atoms with Crippen molar-refractivity contribution >= 4 is 84.7 Å². The molecule has 11 rings (SSSR count). The van der Waals surface area contributed by atoms with Crippen LogP contribution in [-0.2, 0) is 37.4 Å². The number of nitrogens with one attached hydrogen (secondary N) is 6. The second kappa shape index (κ2) is 40.8. The lowest BCUT2D eigenvalue weighted by atomic mass is 9.85. The molecular formula is C92H123N11O13Si2. The van der Waals surface area contributed by atoms with Gasteiger partial charge in [-0.25, -0.2) is 14.8 Å². The van der Waals surface area contributed by atoms with Crippen molar-refractivity contribution < 1.29 is 61.7 Å². The van der Waals surface area contributed by atoms with Crippen LogP contribution in [0.1, 0.15) is 154 Å². The molecule has 26 heteroatoms. The Balaban J connectivity index is 0.749. The molecule has 118 heavy (non-hydrogen) atoms. The molecule has 10 atom stereocenters. The van der Waals surface area contributed by atoms with E-state index in [-0.39, 0.29) is 105 Å². The van der Waals surface area contributed by atoms with E-state index in [2.05, 4.69) is 205 Å². The SMILES string of the molecule is CO[C@H]1/C=C\C=C(/C)C(=O)NC2=CC(=O)C(NCCCCCCOc3cc(C(=O)NC[C@H]4CCN5CC[C@H](CO[Si](c6ccccc6)(c6ccccc6)C(C)(C)C)N=C5N4)cc(C(=O)NC[C@H]4CCN5CC[C@H](CO[Si](c6ccccc6)(c6ccccc6)C(C)(C)C)N=C5N4)c3)=C(C[C@@H](C)C[C@H](OC)[C@H](O)[C@@H](C)/C=C(\C)[C@@H]1OC(N)=O)C2=O. The average Bonchev–Trinajstić information content (AvgIpc) is 0.750. The molecule has 2 fully saturated rings. The molecule has 0 aromatic heterocycles. The fourth-order valence-corrected chi connectivity index (χ4v) is 26.3. The van der Waals surface area contributed by atoms with Crippen molar-refractivity contribution in [3.63, 3.8) is 0 Å². The van der Waals surface area contributed by atoms with Crippen LogP contribution in [0.2, 0.25) is 10.1 Å². The number of fused-ring (bicyclic) bond motifs is 4. The Kier molecular flexibility index (Phi) is 30.7. The number of nitrogens with zero attached hydrogens (tertiary/aromatic N) is 4. The highest BCUT2D eigenvalue weighted by Gasteiger charge is 2.52. The number of carbonyl (C=O) groups excluding carboxylic acids is 6. The van der Waals surface area contributed by atoms with Crippen LogP contribution >= 0.6 is 0 Å². The van der Waals surface area contributed by atoms with Crippen molar-refractivity contribution in [3.05, 3.63) is 209 Å². The third-order valence-electron chi connectivity index (χ3n) is 23.5. The minimum absolute atomic E-state index is 0.0796. The van der Waals surface area contributed by atoms with Crippen LogP contribution in [-0.4, -0.2) is 207 Å². The van der Waals surface area contributed by atoms with E-state index < -0.39 is 70.5 Å². The quantitative estimate of drug-likeness (QED) is 0.0100. The molecule has 0 spiro atoms. The highest BCUT2D eigenvalue weighted by atomic mass is 28.4. The minimum atomic E-state index is -2.81. The van der Waals surface area contributed by atoms with Crippen LogP contribution in [0, 0.1) is 11.8 Å². The number of hydrogen-bond acceptors (Lipinski definition) is 20. The number of guanidine groups is 2. The number of aliphatic hydroxyl groups excluding tert-OH is 1. The summed E-state index contributed by atoms with van der Waals surface area (Å²) in [6.45, 7) is 26.1. The first-order valence-corrected chi connectivity index (χ1v) is 45.8. The Morgan fingerprint density at radius 3 is 1.59 bits per heavy atom. The Labute approximate surface area is 698 Å². The Morgan fingerprint density at radius 1 is 0.644 bits per heavy atom. The van der Waals surface area contributed by atoms with Gasteiger partial charge in [0.1, 0.15) is 11.9 Å². The van der Waals surface area contributed by atoms with Gasteiger partial charge in [0.05, 0.1) is 55.5 Å². The fourth-order valence-electron chi connectivity index (χ4n) is 17.1. The number of rotatable bonds is 28. The number of aliphatic imine (C=N–C) groups is 2. The molecule has 24 nitrogen and oxygen atoms in total. The molecule has 6 aliphatic rings. The molecule has 5 aromatic rings. The topological polar surface area (TPSA) is 307 Å². The molecule has 0 unspecified atom stereocenters. The maximum Gasteiger partial charge on any atom is 0.405 e. The van der Waals surface area contributed by atoms with Gasteiger partial charge in [-0.2, -0.15) is 0 Å². The number of Topliss-reactive ketones (excluding diaryl/α,β-unsaturated/α-hetero) is 1. The lowest BCUT2D eigenvalue weighted by molar-refractivity contribution is -0.120. The number of amides is 4. The number of benzene rings is 5. The minimum Gasteiger partial charge on any atom is -0.494 e. The summed E-state index contributed by atoms with van der Waals surface area (Å²) in [5, 5.41) is 35.9. The number of unbranched alkanes of at least 4 members (excludes halogenated alkanes) is 3.